The van der Waals surface area contributed by atoms with E-state index in [4.69, 9.17) is 11.6 Å². The number of Topliss-reactive ketones (excluding diaryl/α,β-unsaturated/α-hetero) is 1. The van der Waals surface area contributed by atoms with Crippen LogP contribution in [0.1, 0.15) is 12.0 Å². The van der Waals surface area contributed by atoms with Crippen molar-refractivity contribution in [2.24, 2.45) is 0 Å². The molecule has 0 radical (unpaired) electrons. The molecule has 2 aliphatic rings. The van der Waals surface area contributed by atoms with Crippen LogP contribution in [0.5, 0.6) is 0 Å². The minimum Gasteiger partial charge on any atom is -0.342 e. The SMILES string of the molecule is CN1C=C2CC(=O)C(Cl)C=C2C(c2ccccc2)=C1C#N. The highest BCUT2D eigenvalue weighted by molar-refractivity contribution is 6.33. The van der Waals surface area contributed by atoms with Gasteiger partial charge in [-0.1, -0.05) is 36.4 Å². The van der Waals surface area contributed by atoms with Gasteiger partial charge in [0.2, 0.25) is 0 Å². The van der Waals surface area contributed by atoms with Crippen LogP contribution in [0.3, 0.4) is 0 Å². The summed E-state index contributed by atoms with van der Waals surface area (Å²) in [7, 11) is 1.82. The van der Waals surface area contributed by atoms with Crippen molar-refractivity contribution in [2.75, 3.05) is 7.05 Å². The van der Waals surface area contributed by atoms with Crippen LogP contribution >= 0.6 is 11.6 Å². The van der Waals surface area contributed by atoms with Crippen LogP contribution in [0, 0.1) is 11.3 Å². The molecule has 3 nitrogen and oxygen atoms in total. The van der Waals surface area contributed by atoms with Crippen LogP contribution in [0.2, 0.25) is 0 Å². The maximum atomic E-state index is 11.8. The molecule has 1 unspecified atom stereocenters. The van der Waals surface area contributed by atoms with Crippen LogP contribution in [0.4, 0.5) is 0 Å². The molecule has 0 spiro atoms. The van der Waals surface area contributed by atoms with Gasteiger partial charge in [0, 0.05) is 25.2 Å². The molecular formula is C17H13ClN2O. The summed E-state index contributed by atoms with van der Waals surface area (Å²) < 4.78 is 0. The van der Waals surface area contributed by atoms with Crippen molar-refractivity contribution >= 4 is 23.0 Å². The number of allylic oxidation sites excluding steroid dienone is 5. The molecule has 1 aromatic carbocycles. The molecule has 1 heterocycles. The second kappa shape index (κ2) is 5.23. The molecule has 21 heavy (non-hydrogen) atoms. The molecule has 0 bridgehead atoms. The summed E-state index contributed by atoms with van der Waals surface area (Å²) in [5.74, 6) is -0.00659. The number of benzene rings is 1. The smallest absolute Gasteiger partial charge is 0.158 e. The standard InChI is InChI=1S/C17H13ClN2O/c1-20-10-12-7-16(21)14(18)8-13(12)17(15(20)9-19)11-5-3-2-4-6-11/h2-6,8,10,14H,7H2,1H3. The van der Waals surface area contributed by atoms with Crippen LogP contribution in [0.25, 0.3) is 5.57 Å². The monoisotopic (exact) mass is 296 g/mol. The molecule has 3 rings (SSSR count). The fraction of sp³-hybridized carbons (Fsp3) is 0.176. The zero-order valence-corrected chi connectivity index (χ0v) is 12.3. The topological polar surface area (TPSA) is 44.1 Å². The molecule has 0 saturated carbocycles. The van der Waals surface area contributed by atoms with Gasteiger partial charge in [0.1, 0.15) is 17.1 Å². The lowest BCUT2D eigenvalue weighted by Gasteiger charge is -2.30. The van der Waals surface area contributed by atoms with E-state index in [1.807, 2.05) is 43.6 Å². The Labute approximate surface area is 128 Å². The largest absolute Gasteiger partial charge is 0.342 e. The summed E-state index contributed by atoms with van der Waals surface area (Å²) in [5, 5.41) is 8.87. The van der Waals surface area contributed by atoms with Crippen molar-refractivity contribution in [3.8, 4) is 6.07 Å². The van der Waals surface area contributed by atoms with Gasteiger partial charge in [-0.3, -0.25) is 4.79 Å². The third-order valence-electron chi connectivity index (χ3n) is 3.71. The average molecular weight is 297 g/mol. The zero-order valence-electron chi connectivity index (χ0n) is 11.5. The first-order chi connectivity index (χ1) is 10.1. The number of nitrogens with zero attached hydrogens (tertiary/aromatic N) is 2. The van der Waals surface area contributed by atoms with Crippen LogP contribution in [-0.2, 0) is 4.79 Å². The third-order valence-corrected chi connectivity index (χ3v) is 4.08. The van der Waals surface area contributed by atoms with Gasteiger partial charge >= 0.3 is 0 Å². The zero-order chi connectivity index (χ0) is 15.0. The molecule has 4 heteroatoms. The first-order valence-corrected chi connectivity index (χ1v) is 7.08. The van der Waals surface area contributed by atoms with Gasteiger partial charge in [0.15, 0.2) is 5.78 Å². The van der Waals surface area contributed by atoms with Gasteiger partial charge in [0.25, 0.3) is 0 Å². The fourth-order valence-corrected chi connectivity index (χ4v) is 2.92. The maximum Gasteiger partial charge on any atom is 0.158 e. The number of carbonyl (C=O) groups excluding carboxylic acids is 1. The number of fused-ring (bicyclic) bond motifs is 1. The molecule has 0 saturated heterocycles. The number of nitriles is 1. The Morgan fingerprint density at radius 3 is 2.71 bits per heavy atom. The van der Waals surface area contributed by atoms with Gasteiger partial charge in [-0.2, -0.15) is 5.26 Å². The van der Waals surface area contributed by atoms with E-state index in [0.29, 0.717) is 12.1 Å². The average Bonchev–Trinajstić information content (AvgIpc) is 2.49. The lowest BCUT2D eigenvalue weighted by Crippen LogP contribution is -2.26. The predicted octanol–water partition coefficient (Wildman–Crippen LogP) is 3.26. The molecule has 1 aliphatic heterocycles. The molecule has 0 N–H and O–H groups in total. The highest BCUT2D eigenvalue weighted by Crippen LogP contribution is 2.40. The number of alkyl halides is 1. The van der Waals surface area contributed by atoms with Crippen molar-refractivity contribution in [3.05, 3.63) is 65.0 Å². The second-order valence-corrected chi connectivity index (χ2v) is 5.56. The van der Waals surface area contributed by atoms with Crippen molar-refractivity contribution in [3.63, 3.8) is 0 Å². The fourth-order valence-electron chi connectivity index (χ4n) is 2.72. The summed E-state index contributed by atoms with van der Waals surface area (Å²) in [6.07, 6.45) is 3.91. The quantitative estimate of drug-likeness (QED) is 0.747. The first kappa shape index (κ1) is 13.7. The summed E-state index contributed by atoms with van der Waals surface area (Å²) >= 11 is 6.09. The van der Waals surface area contributed by atoms with Gasteiger partial charge in [-0.25, -0.2) is 0 Å². The molecule has 1 atom stereocenters. The Morgan fingerprint density at radius 1 is 1.33 bits per heavy atom. The van der Waals surface area contributed by atoms with E-state index >= 15 is 0 Å². The number of carbonyl (C=O) groups is 1. The summed E-state index contributed by atoms with van der Waals surface area (Å²) in [6.45, 7) is 0. The van der Waals surface area contributed by atoms with E-state index in [9.17, 15) is 10.1 Å². The molecule has 1 aliphatic carbocycles. The number of hydrogen-bond acceptors (Lipinski definition) is 3. The Kier molecular flexibility index (Phi) is 3.40. The normalized spacial score (nSPS) is 21.5. The first-order valence-electron chi connectivity index (χ1n) is 6.64. The molecule has 0 amide bonds. The lowest BCUT2D eigenvalue weighted by molar-refractivity contribution is -0.117. The van der Waals surface area contributed by atoms with E-state index in [1.54, 1.807) is 11.0 Å². The minimum absolute atomic E-state index is 0.00659. The number of hydrogen-bond donors (Lipinski definition) is 0. The number of halogens is 1. The van der Waals surface area contributed by atoms with Crippen molar-refractivity contribution in [2.45, 2.75) is 11.8 Å². The second-order valence-electron chi connectivity index (χ2n) is 5.09. The minimum atomic E-state index is -0.626. The van der Waals surface area contributed by atoms with Crippen LogP contribution < -0.4 is 0 Å². The Bertz CT molecular complexity index is 738. The molecule has 1 aromatic rings. The van der Waals surface area contributed by atoms with E-state index < -0.39 is 5.38 Å². The highest BCUT2D eigenvalue weighted by Gasteiger charge is 2.31. The molecule has 104 valence electrons. The van der Waals surface area contributed by atoms with Gasteiger partial charge < -0.3 is 4.90 Å². The van der Waals surface area contributed by atoms with Gasteiger partial charge in [-0.05, 0) is 16.7 Å². The van der Waals surface area contributed by atoms with Crippen LogP contribution in [0.15, 0.2) is 59.5 Å². The summed E-state index contributed by atoms with van der Waals surface area (Å²) in [4.78, 5) is 13.6. The Hall–Kier alpha value is -2.31. The van der Waals surface area contributed by atoms with Gasteiger partial charge in [-0.15, -0.1) is 11.6 Å². The lowest BCUT2D eigenvalue weighted by atomic mass is 9.82. The van der Waals surface area contributed by atoms with Crippen molar-refractivity contribution in [1.82, 2.24) is 4.90 Å². The third kappa shape index (κ3) is 2.28. The maximum absolute atomic E-state index is 11.8. The van der Waals surface area contributed by atoms with Crippen LogP contribution in [-0.4, -0.2) is 23.1 Å². The molecule has 0 fully saturated rings. The summed E-state index contributed by atoms with van der Waals surface area (Å²) in [5.41, 5.74) is 4.18. The van der Waals surface area contributed by atoms with E-state index in [-0.39, 0.29) is 5.78 Å². The Balaban J connectivity index is 2.24. The molecular weight excluding hydrogens is 284 g/mol. The van der Waals surface area contributed by atoms with E-state index in [2.05, 4.69) is 6.07 Å². The van der Waals surface area contributed by atoms with E-state index in [1.165, 1.54) is 0 Å². The Morgan fingerprint density at radius 2 is 2.05 bits per heavy atom. The van der Waals surface area contributed by atoms with E-state index in [0.717, 1.165) is 22.3 Å². The molecule has 0 aromatic heterocycles. The van der Waals surface area contributed by atoms with Crippen molar-refractivity contribution < 1.29 is 4.79 Å². The summed E-state index contributed by atoms with van der Waals surface area (Å²) in [6, 6.07) is 12.0. The predicted molar refractivity (Wildman–Crippen MR) is 82.2 cm³/mol. The van der Waals surface area contributed by atoms with Crippen molar-refractivity contribution in [1.29, 1.82) is 5.26 Å². The number of rotatable bonds is 1. The van der Waals surface area contributed by atoms with Gasteiger partial charge in [0.05, 0.1) is 0 Å². The number of ketones is 1. The highest BCUT2D eigenvalue weighted by atomic mass is 35.5.